The second-order valence-corrected chi connectivity index (χ2v) is 6.25. The van der Waals surface area contributed by atoms with Gasteiger partial charge in [-0.25, -0.2) is 0 Å². The van der Waals surface area contributed by atoms with Crippen LogP contribution >= 0.6 is 23.4 Å². The van der Waals surface area contributed by atoms with Gasteiger partial charge in [0, 0.05) is 28.9 Å². The highest BCUT2D eigenvalue weighted by molar-refractivity contribution is 8.00. The topological polar surface area (TPSA) is 42.0 Å². The molecule has 0 aliphatic heterocycles. The Bertz CT molecular complexity index is 575. The van der Waals surface area contributed by atoms with Gasteiger partial charge < -0.3 is 5.32 Å². The summed E-state index contributed by atoms with van der Waals surface area (Å²) in [5.74, 6) is 0.0502. The van der Waals surface area contributed by atoms with E-state index >= 15 is 0 Å². The molecular weight excluding hydrogens is 304 g/mol. The molecule has 110 valence electrons. The van der Waals surface area contributed by atoms with E-state index in [9.17, 15) is 4.79 Å². The van der Waals surface area contributed by atoms with Crippen molar-refractivity contribution in [1.29, 1.82) is 0 Å². The van der Waals surface area contributed by atoms with Crippen molar-refractivity contribution in [3.63, 3.8) is 0 Å². The summed E-state index contributed by atoms with van der Waals surface area (Å²) in [5.41, 5.74) is 1.05. The molecule has 0 saturated heterocycles. The fourth-order valence-electron chi connectivity index (χ4n) is 1.80. The normalized spacial score (nSPS) is 11.9. The van der Waals surface area contributed by atoms with Crippen LogP contribution in [0.4, 0.5) is 0 Å². The lowest BCUT2D eigenvalue weighted by Crippen LogP contribution is -2.31. The Morgan fingerprint density at radius 2 is 1.90 bits per heavy atom. The molecule has 0 saturated carbocycles. The van der Waals surface area contributed by atoms with Crippen LogP contribution < -0.4 is 5.32 Å². The summed E-state index contributed by atoms with van der Waals surface area (Å²) in [4.78, 5) is 17.3. The van der Waals surface area contributed by atoms with Gasteiger partial charge in [-0.1, -0.05) is 18.5 Å². The van der Waals surface area contributed by atoms with E-state index in [2.05, 4.69) is 10.3 Å². The van der Waals surface area contributed by atoms with Crippen molar-refractivity contribution < 1.29 is 4.79 Å². The SMILES string of the molecule is CCC(Sc1ccc(Cl)cc1)C(=O)NCc1ccncc1. The van der Waals surface area contributed by atoms with Gasteiger partial charge in [-0.05, 0) is 48.4 Å². The fourth-order valence-corrected chi connectivity index (χ4v) is 2.91. The van der Waals surface area contributed by atoms with E-state index in [0.29, 0.717) is 11.6 Å². The first-order valence-electron chi connectivity index (χ1n) is 6.78. The average molecular weight is 321 g/mol. The summed E-state index contributed by atoms with van der Waals surface area (Å²) in [6, 6.07) is 11.3. The number of halogens is 1. The lowest BCUT2D eigenvalue weighted by Gasteiger charge is -2.14. The summed E-state index contributed by atoms with van der Waals surface area (Å²) in [5, 5.41) is 3.57. The molecule has 3 nitrogen and oxygen atoms in total. The average Bonchev–Trinajstić information content (AvgIpc) is 2.53. The van der Waals surface area contributed by atoms with E-state index in [4.69, 9.17) is 11.6 Å². The maximum absolute atomic E-state index is 12.2. The van der Waals surface area contributed by atoms with Gasteiger partial charge in [0.1, 0.15) is 0 Å². The molecule has 21 heavy (non-hydrogen) atoms. The maximum Gasteiger partial charge on any atom is 0.233 e. The third-order valence-corrected chi connectivity index (χ3v) is 4.60. The van der Waals surface area contributed by atoms with Crippen LogP contribution in [0.2, 0.25) is 5.02 Å². The number of nitrogens with one attached hydrogen (secondary N) is 1. The number of pyridine rings is 1. The molecule has 1 aromatic heterocycles. The standard InChI is InChI=1S/C16H17ClN2OS/c1-2-15(21-14-5-3-13(17)4-6-14)16(20)19-11-12-7-9-18-10-8-12/h3-10,15H,2,11H2,1H3,(H,19,20). The summed E-state index contributed by atoms with van der Waals surface area (Å²) in [6.07, 6.45) is 4.22. The molecule has 1 N–H and O–H groups in total. The van der Waals surface area contributed by atoms with Gasteiger partial charge in [0.15, 0.2) is 0 Å². The van der Waals surface area contributed by atoms with Crippen molar-refractivity contribution >= 4 is 29.3 Å². The van der Waals surface area contributed by atoms with E-state index in [0.717, 1.165) is 16.9 Å². The zero-order valence-corrected chi connectivity index (χ0v) is 13.3. The molecule has 1 unspecified atom stereocenters. The molecule has 1 atom stereocenters. The number of benzene rings is 1. The maximum atomic E-state index is 12.2. The van der Waals surface area contributed by atoms with E-state index < -0.39 is 0 Å². The number of nitrogens with zero attached hydrogens (tertiary/aromatic N) is 1. The molecule has 0 fully saturated rings. The fraction of sp³-hybridized carbons (Fsp3) is 0.250. The van der Waals surface area contributed by atoms with Crippen LogP contribution in [-0.4, -0.2) is 16.1 Å². The van der Waals surface area contributed by atoms with Gasteiger partial charge >= 0.3 is 0 Å². The molecule has 5 heteroatoms. The van der Waals surface area contributed by atoms with Crippen LogP contribution in [0.1, 0.15) is 18.9 Å². The van der Waals surface area contributed by atoms with Crippen molar-refractivity contribution in [3.8, 4) is 0 Å². The minimum atomic E-state index is -0.104. The molecule has 1 aromatic carbocycles. The van der Waals surface area contributed by atoms with Crippen LogP contribution in [0.5, 0.6) is 0 Å². The van der Waals surface area contributed by atoms with Crippen LogP contribution in [0, 0.1) is 0 Å². The lowest BCUT2D eigenvalue weighted by molar-refractivity contribution is -0.120. The zero-order valence-electron chi connectivity index (χ0n) is 11.8. The highest BCUT2D eigenvalue weighted by atomic mass is 35.5. The van der Waals surface area contributed by atoms with Crippen molar-refractivity contribution in [3.05, 3.63) is 59.4 Å². The van der Waals surface area contributed by atoms with E-state index in [1.54, 1.807) is 24.2 Å². The van der Waals surface area contributed by atoms with Crippen molar-refractivity contribution in [2.24, 2.45) is 0 Å². The second kappa shape index (κ2) is 8.05. The highest BCUT2D eigenvalue weighted by Gasteiger charge is 2.17. The molecule has 0 aliphatic carbocycles. The molecule has 1 amide bonds. The Balaban J connectivity index is 1.90. The number of carbonyl (C=O) groups excluding carboxylic acids is 1. The lowest BCUT2D eigenvalue weighted by atomic mass is 10.2. The summed E-state index contributed by atoms with van der Waals surface area (Å²) >= 11 is 7.43. The molecule has 0 aliphatic rings. The number of thioether (sulfide) groups is 1. The van der Waals surface area contributed by atoms with Gasteiger partial charge in [0.05, 0.1) is 5.25 Å². The zero-order chi connectivity index (χ0) is 15.1. The van der Waals surface area contributed by atoms with E-state index in [1.165, 1.54) is 0 Å². The Morgan fingerprint density at radius 1 is 1.24 bits per heavy atom. The molecule has 2 rings (SSSR count). The van der Waals surface area contributed by atoms with Crippen LogP contribution in [0.15, 0.2) is 53.7 Å². The Kier molecular flexibility index (Phi) is 6.08. The second-order valence-electron chi connectivity index (χ2n) is 4.54. The predicted octanol–water partition coefficient (Wildman–Crippen LogP) is 3.92. The number of aromatic nitrogens is 1. The van der Waals surface area contributed by atoms with E-state index in [1.807, 2.05) is 43.3 Å². The minimum Gasteiger partial charge on any atom is -0.351 e. The van der Waals surface area contributed by atoms with Crippen molar-refractivity contribution in [1.82, 2.24) is 10.3 Å². The van der Waals surface area contributed by atoms with Crippen molar-refractivity contribution in [2.45, 2.75) is 30.0 Å². The minimum absolute atomic E-state index is 0.0502. The quantitative estimate of drug-likeness (QED) is 0.820. The summed E-state index contributed by atoms with van der Waals surface area (Å²) in [7, 11) is 0. The van der Waals surface area contributed by atoms with Gasteiger partial charge in [-0.15, -0.1) is 11.8 Å². The Morgan fingerprint density at radius 3 is 2.52 bits per heavy atom. The first-order chi connectivity index (χ1) is 10.2. The van der Waals surface area contributed by atoms with Crippen LogP contribution in [0.3, 0.4) is 0 Å². The molecule has 0 spiro atoms. The van der Waals surface area contributed by atoms with Crippen molar-refractivity contribution in [2.75, 3.05) is 0 Å². The summed E-state index contributed by atoms with van der Waals surface area (Å²) in [6.45, 7) is 2.54. The first kappa shape index (κ1) is 15.9. The Hall–Kier alpha value is -1.52. The molecule has 0 radical (unpaired) electrons. The number of carbonyl (C=O) groups is 1. The summed E-state index contributed by atoms with van der Waals surface area (Å²) < 4.78 is 0. The monoisotopic (exact) mass is 320 g/mol. The van der Waals surface area contributed by atoms with Crippen LogP contribution in [0.25, 0.3) is 0 Å². The predicted molar refractivity (Wildman–Crippen MR) is 87.5 cm³/mol. The highest BCUT2D eigenvalue weighted by Crippen LogP contribution is 2.26. The third-order valence-electron chi connectivity index (χ3n) is 2.97. The largest absolute Gasteiger partial charge is 0.351 e. The molecule has 1 heterocycles. The van der Waals surface area contributed by atoms with Gasteiger partial charge in [0.25, 0.3) is 0 Å². The van der Waals surface area contributed by atoms with Gasteiger partial charge in [-0.2, -0.15) is 0 Å². The van der Waals surface area contributed by atoms with Gasteiger partial charge in [-0.3, -0.25) is 9.78 Å². The third kappa shape index (κ3) is 5.06. The number of hydrogen-bond acceptors (Lipinski definition) is 3. The molecule has 0 bridgehead atoms. The molecule has 2 aromatic rings. The van der Waals surface area contributed by atoms with Crippen LogP contribution in [-0.2, 0) is 11.3 Å². The smallest absolute Gasteiger partial charge is 0.233 e. The molecular formula is C16H17ClN2OS. The number of amides is 1. The first-order valence-corrected chi connectivity index (χ1v) is 8.03. The Labute approximate surface area is 134 Å². The number of rotatable bonds is 6. The number of hydrogen-bond donors (Lipinski definition) is 1. The van der Waals surface area contributed by atoms with Gasteiger partial charge in [0.2, 0.25) is 5.91 Å². The van der Waals surface area contributed by atoms with E-state index in [-0.39, 0.29) is 11.2 Å².